The molecule has 0 saturated heterocycles. The topological polar surface area (TPSA) is 26.0 Å². The zero-order valence-electron chi connectivity index (χ0n) is 9.26. The molecule has 3 heteroatoms. The van der Waals surface area contributed by atoms with E-state index in [1.54, 1.807) is 0 Å². The van der Waals surface area contributed by atoms with Crippen molar-refractivity contribution >= 4 is 0 Å². The van der Waals surface area contributed by atoms with Crippen molar-refractivity contribution < 1.29 is 8.78 Å². The Balaban J connectivity index is 2.18. The van der Waals surface area contributed by atoms with Crippen molar-refractivity contribution in [3.63, 3.8) is 0 Å². The van der Waals surface area contributed by atoms with Crippen LogP contribution in [-0.4, -0.2) is 0 Å². The van der Waals surface area contributed by atoms with Crippen molar-refractivity contribution in [1.29, 1.82) is 0 Å². The highest BCUT2D eigenvalue weighted by atomic mass is 19.1. The fraction of sp³-hybridized carbons (Fsp3) is 0.538. The van der Waals surface area contributed by atoms with Crippen molar-refractivity contribution in [1.82, 2.24) is 0 Å². The quantitative estimate of drug-likeness (QED) is 0.818. The van der Waals surface area contributed by atoms with E-state index < -0.39 is 5.82 Å². The molecule has 2 N–H and O–H groups in total. The van der Waals surface area contributed by atoms with Crippen molar-refractivity contribution in [3.05, 3.63) is 35.4 Å². The van der Waals surface area contributed by atoms with E-state index in [0.717, 1.165) is 37.8 Å². The molecule has 0 aromatic heterocycles. The molecular formula is C13H17F2N. The average molecular weight is 225 g/mol. The maximum absolute atomic E-state index is 13.5. The molecule has 0 amide bonds. The summed E-state index contributed by atoms with van der Waals surface area (Å²) in [6.07, 6.45) is 5.58. The van der Waals surface area contributed by atoms with Crippen LogP contribution in [0.1, 0.15) is 43.7 Å². The summed E-state index contributed by atoms with van der Waals surface area (Å²) in [6, 6.07) is 3.16. The lowest BCUT2D eigenvalue weighted by Gasteiger charge is -2.27. The molecule has 1 nitrogen and oxygen atoms in total. The highest BCUT2D eigenvalue weighted by molar-refractivity contribution is 5.22. The van der Waals surface area contributed by atoms with Crippen LogP contribution in [0.4, 0.5) is 8.78 Å². The predicted octanol–water partition coefficient (Wildman–Crippen LogP) is 3.54. The first-order chi connectivity index (χ1) is 7.68. The number of hydrogen-bond donors (Lipinski definition) is 1. The maximum Gasteiger partial charge on any atom is 0.128 e. The van der Waals surface area contributed by atoms with Gasteiger partial charge in [0.15, 0.2) is 0 Å². The summed E-state index contributed by atoms with van der Waals surface area (Å²) in [4.78, 5) is 0. The van der Waals surface area contributed by atoms with E-state index in [0.29, 0.717) is 11.5 Å². The van der Waals surface area contributed by atoms with Gasteiger partial charge in [-0.2, -0.15) is 0 Å². The van der Waals surface area contributed by atoms with Gasteiger partial charge >= 0.3 is 0 Å². The highest BCUT2D eigenvalue weighted by Crippen LogP contribution is 2.33. The standard InChI is InChI=1S/C13H17F2N/c14-10-6-7-12(15)11(8-10)13(16)9-4-2-1-3-5-9/h6-9,13H,1-5,16H2/t13-/m0/s1. The molecule has 16 heavy (non-hydrogen) atoms. The second-order valence-electron chi connectivity index (χ2n) is 4.59. The Morgan fingerprint density at radius 3 is 2.50 bits per heavy atom. The lowest BCUT2D eigenvalue weighted by molar-refractivity contribution is 0.303. The minimum absolute atomic E-state index is 0.296. The van der Waals surface area contributed by atoms with Gasteiger partial charge in [-0.25, -0.2) is 8.78 Å². The van der Waals surface area contributed by atoms with E-state index in [9.17, 15) is 8.78 Å². The predicted molar refractivity (Wildman–Crippen MR) is 59.9 cm³/mol. The summed E-state index contributed by atoms with van der Waals surface area (Å²) in [5.41, 5.74) is 6.36. The molecule has 1 fully saturated rings. The third kappa shape index (κ3) is 2.40. The van der Waals surface area contributed by atoms with Crippen LogP contribution in [-0.2, 0) is 0 Å². The van der Waals surface area contributed by atoms with Gasteiger partial charge in [0, 0.05) is 11.6 Å². The van der Waals surface area contributed by atoms with Crippen LogP contribution in [0.25, 0.3) is 0 Å². The van der Waals surface area contributed by atoms with E-state index in [1.165, 1.54) is 12.5 Å². The third-order valence-corrected chi connectivity index (χ3v) is 3.47. The molecule has 2 rings (SSSR count). The van der Waals surface area contributed by atoms with E-state index in [1.807, 2.05) is 0 Å². The zero-order valence-corrected chi connectivity index (χ0v) is 9.26. The Morgan fingerprint density at radius 1 is 1.12 bits per heavy atom. The number of rotatable bonds is 2. The van der Waals surface area contributed by atoms with E-state index >= 15 is 0 Å². The fourth-order valence-electron chi connectivity index (χ4n) is 2.52. The van der Waals surface area contributed by atoms with E-state index in [-0.39, 0.29) is 11.9 Å². The van der Waals surface area contributed by atoms with E-state index in [4.69, 9.17) is 5.73 Å². The molecule has 1 atom stereocenters. The first kappa shape index (κ1) is 11.5. The minimum atomic E-state index is -0.414. The first-order valence-electron chi connectivity index (χ1n) is 5.89. The van der Waals surface area contributed by atoms with Crippen LogP contribution in [0.15, 0.2) is 18.2 Å². The van der Waals surface area contributed by atoms with Crippen LogP contribution in [0, 0.1) is 17.6 Å². The molecule has 0 bridgehead atoms. The summed E-state index contributed by atoms with van der Waals surface area (Å²) in [6.45, 7) is 0. The normalized spacial score (nSPS) is 19.7. The molecule has 0 aliphatic heterocycles. The van der Waals surface area contributed by atoms with Gasteiger partial charge in [-0.1, -0.05) is 19.3 Å². The Hall–Kier alpha value is -0.960. The summed E-state index contributed by atoms with van der Waals surface area (Å²) in [5.74, 6) is -0.507. The Bertz CT molecular complexity index is 359. The average Bonchev–Trinajstić information content (AvgIpc) is 2.32. The lowest BCUT2D eigenvalue weighted by Crippen LogP contribution is -2.24. The largest absolute Gasteiger partial charge is 0.324 e. The van der Waals surface area contributed by atoms with Gasteiger partial charge in [-0.15, -0.1) is 0 Å². The maximum atomic E-state index is 13.5. The number of nitrogens with two attached hydrogens (primary N) is 1. The van der Waals surface area contributed by atoms with Gasteiger partial charge in [-0.3, -0.25) is 0 Å². The van der Waals surface area contributed by atoms with Gasteiger partial charge < -0.3 is 5.73 Å². The highest BCUT2D eigenvalue weighted by Gasteiger charge is 2.24. The Morgan fingerprint density at radius 2 is 1.81 bits per heavy atom. The molecule has 1 aliphatic rings. The fourth-order valence-corrected chi connectivity index (χ4v) is 2.52. The number of benzene rings is 1. The third-order valence-electron chi connectivity index (χ3n) is 3.47. The summed E-state index contributed by atoms with van der Waals surface area (Å²) in [7, 11) is 0. The van der Waals surface area contributed by atoms with Gasteiger partial charge in [0.25, 0.3) is 0 Å². The smallest absolute Gasteiger partial charge is 0.128 e. The molecular weight excluding hydrogens is 208 g/mol. The zero-order chi connectivity index (χ0) is 11.5. The summed E-state index contributed by atoms with van der Waals surface area (Å²) >= 11 is 0. The van der Waals surface area contributed by atoms with Crippen LogP contribution >= 0.6 is 0 Å². The monoisotopic (exact) mass is 225 g/mol. The van der Waals surface area contributed by atoms with Crippen LogP contribution in [0.2, 0.25) is 0 Å². The van der Waals surface area contributed by atoms with Gasteiger partial charge in [0.05, 0.1) is 0 Å². The van der Waals surface area contributed by atoms with Crippen LogP contribution < -0.4 is 5.73 Å². The summed E-state index contributed by atoms with van der Waals surface area (Å²) in [5, 5.41) is 0. The molecule has 1 saturated carbocycles. The van der Waals surface area contributed by atoms with Crippen LogP contribution in [0.5, 0.6) is 0 Å². The summed E-state index contributed by atoms with van der Waals surface area (Å²) < 4.78 is 26.6. The second-order valence-corrected chi connectivity index (χ2v) is 4.59. The second kappa shape index (κ2) is 4.91. The van der Waals surface area contributed by atoms with Gasteiger partial charge in [0.2, 0.25) is 0 Å². The molecule has 0 unspecified atom stereocenters. The molecule has 0 spiro atoms. The van der Waals surface area contributed by atoms with Crippen LogP contribution in [0.3, 0.4) is 0 Å². The minimum Gasteiger partial charge on any atom is -0.324 e. The number of hydrogen-bond acceptors (Lipinski definition) is 1. The van der Waals surface area contributed by atoms with Crippen molar-refractivity contribution in [3.8, 4) is 0 Å². The molecule has 1 aromatic carbocycles. The molecule has 0 radical (unpaired) electrons. The molecule has 1 aliphatic carbocycles. The van der Waals surface area contributed by atoms with Crippen molar-refractivity contribution in [2.24, 2.45) is 11.7 Å². The first-order valence-corrected chi connectivity index (χ1v) is 5.89. The van der Waals surface area contributed by atoms with E-state index in [2.05, 4.69) is 0 Å². The molecule has 88 valence electrons. The Kier molecular flexibility index (Phi) is 3.54. The lowest BCUT2D eigenvalue weighted by atomic mass is 9.81. The Labute approximate surface area is 94.7 Å². The van der Waals surface area contributed by atoms with Gasteiger partial charge in [0.1, 0.15) is 11.6 Å². The SMILES string of the molecule is N[C@H](c1cc(F)ccc1F)C1CCCCC1. The van der Waals surface area contributed by atoms with Crippen molar-refractivity contribution in [2.45, 2.75) is 38.1 Å². The number of halogens is 2. The van der Waals surface area contributed by atoms with Gasteiger partial charge in [-0.05, 0) is 37.0 Å². The van der Waals surface area contributed by atoms with Crippen molar-refractivity contribution in [2.75, 3.05) is 0 Å². The molecule has 0 heterocycles. The molecule has 1 aromatic rings.